The number of sulfonamides is 1. The topological polar surface area (TPSA) is 84.2 Å². The summed E-state index contributed by atoms with van der Waals surface area (Å²) < 4.78 is 33.3. The number of hydrogen-bond acceptors (Lipinski definition) is 5. The van der Waals surface area contributed by atoms with Crippen LogP contribution < -0.4 is 10.0 Å². The fourth-order valence-electron chi connectivity index (χ4n) is 1.56. The van der Waals surface area contributed by atoms with Crippen molar-refractivity contribution in [2.24, 2.45) is 0 Å². The van der Waals surface area contributed by atoms with Gasteiger partial charge in [0.25, 0.3) is 10.0 Å². The summed E-state index contributed by atoms with van der Waals surface area (Å²) in [7, 11) is -3.78. The van der Waals surface area contributed by atoms with Crippen molar-refractivity contribution in [2.75, 3.05) is 11.3 Å². The summed E-state index contributed by atoms with van der Waals surface area (Å²) in [4.78, 5) is 4.01. The van der Waals surface area contributed by atoms with Crippen molar-refractivity contribution in [3.05, 3.63) is 39.3 Å². The van der Waals surface area contributed by atoms with Crippen molar-refractivity contribution in [1.29, 1.82) is 0 Å². The van der Waals surface area contributed by atoms with E-state index in [2.05, 4.69) is 46.9 Å². The molecule has 6 nitrogen and oxygen atoms in total. The van der Waals surface area contributed by atoms with Gasteiger partial charge in [0, 0.05) is 12.3 Å². The zero-order chi connectivity index (χ0) is 15.5. The number of aromatic nitrogens is 1. The van der Waals surface area contributed by atoms with Crippen LogP contribution in [0.15, 0.2) is 42.9 Å². The third-order valence-corrected chi connectivity index (χ3v) is 5.37. The first-order valence-electron chi connectivity index (χ1n) is 6.06. The van der Waals surface area contributed by atoms with E-state index in [-0.39, 0.29) is 15.4 Å². The number of furan rings is 1. The minimum atomic E-state index is -3.78. The zero-order valence-corrected chi connectivity index (χ0v) is 15.0. The van der Waals surface area contributed by atoms with Gasteiger partial charge >= 0.3 is 0 Å². The van der Waals surface area contributed by atoms with E-state index < -0.39 is 10.0 Å². The molecule has 0 bridgehead atoms. The van der Waals surface area contributed by atoms with E-state index in [1.165, 1.54) is 12.3 Å². The number of nitrogens with one attached hydrogen (secondary N) is 2. The highest BCUT2D eigenvalue weighted by molar-refractivity contribution is 9.10. The maximum absolute atomic E-state index is 12.4. The largest absolute Gasteiger partial charge is 0.451 e. The van der Waals surface area contributed by atoms with Crippen LogP contribution in [0.4, 0.5) is 5.82 Å². The molecule has 0 amide bonds. The highest BCUT2D eigenvalue weighted by atomic mass is 79.9. The highest BCUT2D eigenvalue weighted by Crippen LogP contribution is 2.29. The van der Waals surface area contributed by atoms with Crippen LogP contribution >= 0.6 is 31.9 Å². The van der Waals surface area contributed by atoms with Crippen molar-refractivity contribution in [3.63, 3.8) is 0 Å². The van der Waals surface area contributed by atoms with Gasteiger partial charge in [-0.25, -0.2) is 13.4 Å². The lowest BCUT2D eigenvalue weighted by molar-refractivity contribution is 0.464. The number of anilines is 1. The average Bonchev–Trinajstić information content (AvgIpc) is 2.81. The molecule has 2 aromatic rings. The van der Waals surface area contributed by atoms with Crippen LogP contribution in [0.1, 0.15) is 12.7 Å². The van der Waals surface area contributed by atoms with Crippen molar-refractivity contribution < 1.29 is 12.8 Å². The quantitative estimate of drug-likeness (QED) is 0.723. The fourth-order valence-corrected chi connectivity index (χ4v) is 4.07. The van der Waals surface area contributed by atoms with E-state index in [1.807, 2.05) is 6.92 Å². The number of pyridine rings is 1. The van der Waals surface area contributed by atoms with Crippen molar-refractivity contribution in [1.82, 2.24) is 10.3 Å². The molecule has 0 aliphatic heterocycles. The average molecular weight is 439 g/mol. The maximum Gasteiger partial charge on any atom is 0.267 e. The molecule has 2 N–H and O–H groups in total. The van der Waals surface area contributed by atoms with E-state index in [1.54, 1.807) is 12.1 Å². The number of hydrogen-bond donors (Lipinski definition) is 2. The smallest absolute Gasteiger partial charge is 0.267 e. The molecule has 0 aromatic carbocycles. The summed E-state index contributed by atoms with van der Waals surface area (Å²) in [6.07, 6.45) is 1.50. The molecule has 2 heterocycles. The Balaban J connectivity index is 2.27. The molecular formula is C12H13Br2N3O3S. The predicted octanol–water partition coefficient (Wildman–Crippen LogP) is 3.11. The molecule has 0 radical (unpaired) electrons. The van der Waals surface area contributed by atoms with E-state index in [0.717, 1.165) is 6.54 Å². The number of halogens is 2. The predicted molar refractivity (Wildman–Crippen MR) is 86.5 cm³/mol. The minimum Gasteiger partial charge on any atom is -0.451 e. The van der Waals surface area contributed by atoms with Crippen molar-refractivity contribution in [2.45, 2.75) is 18.4 Å². The SMILES string of the molecule is CCNCc1cc(S(=O)(=O)Nc2ncccc2Br)c(Br)o1. The van der Waals surface area contributed by atoms with Crippen LogP contribution in [-0.4, -0.2) is 19.9 Å². The third-order valence-electron chi connectivity index (χ3n) is 2.53. The van der Waals surface area contributed by atoms with E-state index >= 15 is 0 Å². The Hall–Kier alpha value is -0.900. The van der Waals surface area contributed by atoms with Crippen LogP contribution in [0, 0.1) is 0 Å². The molecule has 21 heavy (non-hydrogen) atoms. The number of nitrogens with zero attached hydrogens (tertiary/aromatic N) is 1. The zero-order valence-electron chi connectivity index (χ0n) is 11.1. The Morgan fingerprint density at radius 1 is 1.38 bits per heavy atom. The van der Waals surface area contributed by atoms with E-state index in [4.69, 9.17) is 4.42 Å². The molecule has 9 heteroatoms. The Bertz CT molecular complexity index is 731. The molecule has 0 unspecified atom stereocenters. The second kappa shape index (κ2) is 6.91. The Morgan fingerprint density at radius 2 is 2.14 bits per heavy atom. The molecule has 114 valence electrons. The molecule has 0 atom stereocenters. The standard InChI is InChI=1S/C12H13Br2N3O3S/c1-2-15-7-8-6-10(11(14)20-8)21(18,19)17-12-9(13)4-3-5-16-12/h3-6,15H,2,7H2,1H3,(H,16,17). The first-order chi connectivity index (χ1) is 9.94. The molecule has 0 saturated heterocycles. The lowest BCUT2D eigenvalue weighted by Crippen LogP contribution is -2.14. The summed E-state index contributed by atoms with van der Waals surface area (Å²) in [5.41, 5.74) is 0. The summed E-state index contributed by atoms with van der Waals surface area (Å²) in [6, 6.07) is 4.88. The van der Waals surface area contributed by atoms with E-state index in [9.17, 15) is 8.42 Å². The van der Waals surface area contributed by atoms with Crippen LogP contribution in [-0.2, 0) is 16.6 Å². The molecule has 2 aromatic heterocycles. The van der Waals surface area contributed by atoms with Crippen LogP contribution in [0.5, 0.6) is 0 Å². The van der Waals surface area contributed by atoms with E-state index in [0.29, 0.717) is 16.8 Å². The van der Waals surface area contributed by atoms with Gasteiger partial charge in [0.1, 0.15) is 10.7 Å². The molecule has 0 aliphatic rings. The van der Waals surface area contributed by atoms with Gasteiger partial charge in [-0.3, -0.25) is 4.72 Å². The van der Waals surface area contributed by atoms with Gasteiger partial charge < -0.3 is 9.73 Å². The lowest BCUT2D eigenvalue weighted by atomic mass is 10.4. The van der Waals surface area contributed by atoms with Gasteiger partial charge in [-0.2, -0.15) is 0 Å². The fraction of sp³-hybridized carbons (Fsp3) is 0.250. The van der Waals surface area contributed by atoms with Gasteiger partial charge in [-0.1, -0.05) is 6.92 Å². The van der Waals surface area contributed by atoms with Gasteiger partial charge in [-0.05, 0) is 50.5 Å². The summed E-state index contributed by atoms with van der Waals surface area (Å²) >= 11 is 6.38. The molecule has 2 rings (SSSR count). The Morgan fingerprint density at radius 3 is 2.81 bits per heavy atom. The van der Waals surface area contributed by atoms with Crippen molar-refractivity contribution >= 4 is 47.7 Å². The summed E-state index contributed by atoms with van der Waals surface area (Å²) in [5.74, 6) is 0.753. The second-order valence-corrected chi connectivity index (χ2v) is 7.30. The maximum atomic E-state index is 12.4. The first-order valence-corrected chi connectivity index (χ1v) is 9.13. The molecule has 0 saturated carbocycles. The monoisotopic (exact) mass is 437 g/mol. The molecule has 0 aliphatic carbocycles. The van der Waals surface area contributed by atoms with Gasteiger partial charge in [0.2, 0.25) is 0 Å². The highest BCUT2D eigenvalue weighted by Gasteiger charge is 2.23. The number of rotatable bonds is 6. The molecule has 0 fully saturated rings. The third kappa shape index (κ3) is 4.06. The van der Waals surface area contributed by atoms with Crippen molar-refractivity contribution in [3.8, 4) is 0 Å². The molecular weight excluding hydrogens is 426 g/mol. The van der Waals surface area contributed by atoms with Gasteiger partial charge in [0.05, 0.1) is 11.0 Å². The van der Waals surface area contributed by atoms with Gasteiger partial charge in [-0.15, -0.1) is 0 Å². The first kappa shape index (κ1) is 16.5. The minimum absolute atomic E-state index is 0.0351. The van der Waals surface area contributed by atoms with Crippen LogP contribution in [0.25, 0.3) is 0 Å². The van der Waals surface area contributed by atoms with Gasteiger partial charge in [0.15, 0.2) is 10.5 Å². The van der Waals surface area contributed by atoms with Crippen LogP contribution in [0.3, 0.4) is 0 Å². The lowest BCUT2D eigenvalue weighted by Gasteiger charge is -2.06. The van der Waals surface area contributed by atoms with Crippen LogP contribution in [0.2, 0.25) is 0 Å². The second-order valence-electron chi connectivity index (χ2n) is 4.07. The summed E-state index contributed by atoms with van der Waals surface area (Å²) in [5, 5.41) is 3.07. The summed E-state index contributed by atoms with van der Waals surface area (Å²) in [6.45, 7) is 3.17. The Labute approximate surface area is 139 Å². The normalized spacial score (nSPS) is 11.6. The molecule has 0 spiro atoms. The Kier molecular flexibility index (Phi) is 5.42.